The van der Waals surface area contributed by atoms with E-state index in [2.05, 4.69) is 10.1 Å². The fourth-order valence-corrected chi connectivity index (χ4v) is 4.73. The lowest BCUT2D eigenvalue weighted by Crippen LogP contribution is -2.47. The van der Waals surface area contributed by atoms with Crippen LogP contribution >= 0.6 is 11.3 Å². The second kappa shape index (κ2) is 6.50. The number of piperidine rings is 1. The van der Waals surface area contributed by atoms with Crippen LogP contribution in [0.15, 0.2) is 10.0 Å². The Bertz CT molecular complexity index is 839. The number of amides is 2. The number of carbonyl (C=O) groups is 2. The predicted octanol–water partition coefficient (Wildman–Crippen LogP) is 2.32. The Morgan fingerprint density at radius 3 is 2.73 bits per heavy atom. The second-order valence-electron chi connectivity index (χ2n) is 7.17. The van der Waals surface area contributed by atoms with E-state index in [1.807, 2.05) is 30.6 Å². The van der Waals surface area contributed by atoms with E-state index in [1.54, 1.807) is 5.51 Å². The van der Waals surface area contributed by atoms with Gasteiger partial charge in [-0.05, 0) is 33.6 Å². The number of thiazole rings is 1. The van der Waals surface area contributed by atoms with Gasteiger partial charge in [0.25, 0.3) is 5.91 Å². The highest BCUT2D eigenvalue weighted by atomic mass is 32.1. The lowest BCUT2D eigenvalue weighted by Gasteiger charge is -2.35. The molecule has 0 spiro atoms. The Balaban J connectivity index is 1.58. The van der Waals surface area contributed by atoms with Gasteiger partial charge in [-0.2, -0.15) is 0 Å². The molecule has 0 N–H and O–H groups in total. The van der Waals surface area contributed by atoms with Crippen molar-refractivity contribution >= 4 is 23.2 Å². The number of nitrogens with zero attached hydrogens (tertiary/aromatic N) is 4. The molecule has 3 aliphatic heterocycles. The second-order valence-corrected chi connectivity index (χ2v) is 8.03. The Labute approximate surface area is 156 Å². The van der Waals surface area contributed by atoms with E-state index in [-0.39, 0.29) is 23.8 Å². The fraction of sp³-hybridized carbons (Fsp3) is 0.556. The number of hydrogen-bond acceptors (Lipinski definition) is 6. The molecule has 2 atom stereocenters. The van der Waals surface area contributed by atoms with Crippen LogP contribution < -0.4 is 0 Å². The van der Waals surface area contributed by atoms with Gasteiger partial charge in [-0.3, -0.25) is 9.59 Å². The molecule has 8 heteroatoms. The minimum atomic E-state index is -0.133. The first-order valence-electron chi connectivity index (χ1n) is 8.87. The SMILES string of the molecule is Cc1ncsc1C(=O)N1CC2CCC(C1)N(Cc1c(C)noc1C)C2=O. The summed E-state index contributed by atoms with van der Waals surface area (Å²) in [6, 6.07) is 0.0344. The molecule has 5 heterocycles. The highest BCUT2D eigenvalue weighted by molar-refractivity contribution is 7.11. The van der Waals surface area contributed by atoms with Crippen LogP contribution in [0.4, 0.5) is 0 Å². The van der Waals surface area contributed by atoms with E-state index in [0.717, 1.165) is 35.6 Å². The van der Waals surface area contributed by atoms with Gasteiger partial charge < -0.3 is 14.3 Å². The first-order chi connectivity index (χ1) is 12.5. The molecule has 2 aromatic rings. The zero-order valence-electron chi connectivity index (χ0n) is 15.2. The average Bonchev–Trinajstić information content (AvgIpc) is 3.05. The molecule has 2 unspecified atom stereocenters. The van der Waals surface area contributed by atoms with E-state index in [0.29, 0.717) is 24.5 Å². The van der Waals surface area contributed by atoms with Crippen molar-refractivity contribution in [2.45, 2.75) is 46.2 Å². The van der Waals surface area contributed by atoms with Crippen LogP contribution in [0, 0.1) is 26.7 Å². The van der Waals surface area contributed by atoms with Gasteiger partial charge in [-0.1, -0.05) is 5.16 Å². The zero-order chi connectivity index (χ0) is 18.4. The van der Waals surface area contributed by atoms with Gasteiger partial charge in [0.1, 0.15) is 10.6 Å². The highest BCUT2D eigenvalue weighted by Crippen LogP contribution is 2.32. The maximum absolute atomic E-state index is 13.0. The molecule has 3 fully saturated rings. The maximum atomic E-state index is 13.0. The van der Waals surface area contributed by atoms with Crippen molar-refractivity contribution in [2.75, 3.05) is 13.1 Å². The average molecular weight is 374 g/mol. The Morgan fingerprint density at radius 2 is 2.08 bits per heavy atom. The molecule has 0 aromatic carbocycles. The summed E-state index contributed by atoms with van der Waals surface area (Å²) in [4.78, 5) is 34.6. The molecule has 2 amide bonds. The fourth-order valence-electron chi connectivity index (χ4n) is 3.96. The van der Waals surface area contributed by atoms with E-state index in [9.17, 15) is 9.59 Å². The van der Waals surface area contributed by atoms with Crippen molar-refractivity contribution in [3.63, 3.8) is 0 Å². The summed E-state index contributed by atoms with van der Waals surface area (Å²) in [5.41, 5.74) is 4.26. The maximum Gasteiger partial charge on any atom is 0.265 e. The van der Waals surface area contributed by atoms with Gasteiger partial charge in [0, 0.05) is 24.7 Å². The summed E-state index contributed by atoms with van der Waals surface area (Å²) < 4.78 is 5.25. The van der Waals surface area contributed by atoms with Gasteiger partial charge in [-0.25, -0.2) is 4.98 Å². The summed E-state index contributed by atoms with van der Waals surface area (Å²) in [5, 5.41) is 4.00. The van der Waals surface area contributed by atoms with Crippen molar-refractivity contribution in [1.82, 2.24) is 19.9 Å². The van der Waals surface area contributed by atoms with Crippen LogP contribution in [0.5, 0.6) is 0 Å². The van der Waals surface area contributed by atoms with Gasteiger partial charge >= 0.3 is 0 Å². The summed E-state index contributed by atoms with van der Waals surface area (Å²) in [5.74, 6) is 0.751. The zero-order valence-corrected chi connectivity index (χ0v) is 16.0. The molecule has 0 radical (unpaired) electrons. The third kappa shape index (κ3) is 2.82. The smallest absolute Gasteiger partial charge is 0.265 e. The van der Waals surface area contributed by atoms with Crippen molar-refractivity contribution in [2.24, 2.45) is 5.92 Å². The Kier molecular flexibility index (Phi) is 4.30. The molecule has 7 nitrogen and oxygen atoms in total. The Hall–Kier alpha value is -2.22. The van der Waals surface area contributed by atoms with Crippen LogP contribution in [0.2, 0.25) is 0 Å². The first-order valence-corrected chi connectivity index (χ1v) is 9.75. The molecule has 5 rings (SSSR count). The number of hydrogen-bond donors (Lipinski definition) is 0. The third-order valence-corrected chi connectivity index (χ3v) is 6.45. The summed E-state index contributed by atoms with van der Waals surface area (Å²) in [7, 11) is 0. The number of fused-ring (bicyclic) bond motifs is 4. The monoisotopic (exact) mass is 374 g/mol. The minimum absolute atomic E-state index is 0.00566. The molecule has 0 saturated carbocycles. The van der Waals surface area contributed by atoms with Crippen LogP contribution in [-0.2, 0) is 11.3 Å². The number of rotatable bonds is 3. The van der Waals surface area contributed by atoms with Crippen LogP contribution in [0.25, 0.3) is 0 Å². The summed E-state index contributed by atoms with van der Waals surface area (Å²) in [6.45, 7) is 7.19. The molecule has 0 aliphatic carbocycles. The normalized spacial score (nSPS) is 22.8. The van der Waals surface area contributed by atoms with E-state index < -0.39 is 0 Å². The van der Waals surface area contributed by atoms with E-state index >= 15 is 0 Å². The number of aryl methyl sites for hydroxylation is 3. The number of aromatic nitrogens is 2. The first kappa shape index (κ1) is 17.2. The van der Waals surface area contributed by atoms with Crippen molar-refractivity contribution in [1.29, 1.82) is 0 Å². The van der Waals surface area contributed by atoms with Crippen LogP contribution in [0.1, 0.15) is 45.2 Å². The molecule has 2 aromatic heterocycles. The lowest BCUT2D eigenvalue weighted by molar-refractivity contribution is -0.140. The number of carbonyl (C=O) groups excluding carboxylic acids is 2. The van der Waals surface area contributed by atoms with Gasteiger partial charge in [0.2, 0.25) is 5.91 Å². The highest BCUT2D eigenvalue weighted by Gasteiger charge is 2.42. The lowest BCUT2D eigenvalue weighted by atomic mass is 9.93. The largest absolute Gasteiger partial charge is 0.361 e. The van der Waals surface area contributed by atoms with Gasteiger partial charge in [0.15, 0.2) is 0 Å². The Morgan fingerprint density at radius 1 is 1.27 bits per heavy atom. The summed E-state index contributed by atoms with van der Waals surface area (Å²) >= 11 is 1.37. The van der Waals surface area contributed by atoms with Crippen molar-refractivity contribution < 1.29 is 14.1 Å². The van der Waals surface area contributed by atoms with Gasteiger partial charge in [-0.15, -0.1) is 11.3 Å². The standard InChI is InChI=1S/C18H22N4O3S/c1-10-15(12(3)25-20-10)8-22-14-5-4-13(17(22)23)6-21(7-14)18(24)16-11(2)19-9-26-16/h9,13-14H,4-8H2,1-3H3. The van der Waals surface area contributed by atoms with Crippen molar-refractivity contribution in [3.8, 4) is 0 Å². The van der Waals surface area contributed by atoms with E-state index in [1.165, 1.54) is 11.3 Å². The summed E-state index contributed by atoms with van der Waals surface area (Å²) in [6.07, 6.45) is 1.76. The van der Waals surface area contributed by atoms with E-state index in [4.69, 9.17) is 4.52 Å². The van der Waals surface area contributed by atoms with Crippen LogP contribution in [-0.4, -0.2) is 50.9 Å². The van der Waals surface area contributed by atoms with Crippen molar-refractivity contribution in [3.05, 3.63) is 33.1 Å². The molecule has 138 valence electrons. The molecular formula is C18H22N4O3S. The molecule has 26 heavy (non-hydrogen) atoms. The third-order valence-electron chi connectivity index (χ3n) is 5.53. The quantitative estimate of drug-likeness (QED) is 0.824. The molecule has 2 bridgehead atoms. The van der Waals surface area contributed by atoms with Crippen LogP contribution in [0.3, 0.4) is 0 Å². The minimum Gasteiger partial charge on any atom is -0.361 e. The molecular weight excluding hydrogens is 352 g/mol. The molecule has 3 saturated heterocycles. The predicted molar refractivity (Wildman–Crippen MR) is 95.8 cm³/mol. The topological polar surface area (TPSA) is 79.5 Å². The molecule has 3 aliphatic rings. The van der Waals surface area contributed by atoms with Gasteiger partial charge in [0.05, 0.1) is 29.4 Å².